The Kier molecular flexibility index (Phi) is 4.35. The van der Waals surface area contributed by atoms with Gasteiger partial charge in [0.05, 0.1) is 13.2 Å². The first-order valence-electron chi connectivity index (χ1n) is 6.83. The molecule has 18 heavy (non-hydrogen) atoms. The zero-order valence-electron chi connectivity index (χ0n) is 11.6. The van der Waals surface area contributed by atoms with Crippen molar-refractivity contribution in [3.63, 3.8) is 0 Å². The molecule has 0 radical (unpaired) electrons. The van der Waals surface area contributed by atoms with Crippen molar-refractivity contribution in [2.45, 2.75) is 46.3 Å². The van der Waals surface area contributed by atoms with E-state index in [1.54, 1.807) is 6.33 Å². The lowest BCUT2D eigenvalue weighted by Crippen LogP contribution is -2.35. The van der Waals surface area contributed by atoms with Crippen LogP contribution < -0.4 is 0 Å². The molecule has 0 saturated carbocycles. The summed E-state index contributed by atoms with van der Waals surface area (Å²) < 4.78 is 1.99. The van der Waals surface area contributed by atoms with Gasteiger partial charge in [0.15, 0.2) is 0 Å². The Hall–Kier alpha value is -0.940. The standard InChI is InChI=1S/C13H24N4O/c1-10(2)6-17-13(14-9-15-17)7-16-5-4-11(3)12(16)8-18/h9-12,18H,4-8H2,1-3H3. The molecule has 1 aromatic heterocycles. The molecule has 2 heterocycles. The van der Waals surface area contributed by atoms with Crippen LogP contribution in [0.15, 0.2) is 6.33 Å². The summed E-state index contributed by atoms with van der Waals surface area (Å²) in [5, 5.41) is 13.8. The van der Waals surface area contributed by atoms with Gasteiger partial charge < -0.3 is 5.11 Å². The van der Waals surface area contributed by atoms with Crippen LogP contribution in [0.5, 0.6) is 0 Å². The van der Waals surface area contributed by atoms with Crippen LogP contribution in [0.1, 0.15) is 33.0 Å². The molecule has 1 saturated heterocycles. The lowest BCUT2D eigenvalue weighted by atomic mass is 10.0. The Bertz CT molecular complexity index is 377. The minimum Gasteiger partial charge on any atom is -0.395 e. The molecule has 0 amide bonds. The van der Waals surface area contributed by atoms with E-state index in [1.165, 1.54) is 0 Å². The molecule has 2 rings (SSSR count). The van der Waals surface area contributed by atoms with Gasteiger partial charge in [-0.2, -0.15) is 5.10 Å². The Balaban J connectivity index is 2.03. The summed E-state index contributed by atoms with van der Waals surface area (Å²) >= 11 is 0. The SMILES string of the molecule is CC(C)Cn1ncnc1CN1CCC(C)C1CO. The van der Waals surface area contributed by atoms with Gasteiger partial charge in [0.25, 0.3) is 0 Å². The monoisotopic (exact) mass is 252 g/mol. The van der Waals surface area contributed by atoms with Crippen LogP contribution in [0.25, 0.3) is 0 Å². The smallest absolute Gasteiger partial charge is 0.141 e. The predicted molar refractivity (Wildman–Crippen MR) is 69.9 cm³/mol. The van der Waals surface area contributed by atoms with Crippen molar-refractivity contribution in [1.82, 2.24) is 19.7 Å². The van der Waals surface area contributed by atoms with Crippen molar-refractivity contribution in [1.29, 1.82) is 0 Å². The van der Waals surface area contributed by atoms with Crippen LogP contribution in [-0.4, -0.2) is 44.0 Å². The Labute approximate surface area is 109 Å². The Morgan fingerprint density at radius 1 is 1.50 bits per heavy atom. The first kappa shape index (κ1) is 13.5. The van der Waals surface area contributed by atoms with Gasteiger partial charge in [0.1, 0.15) is 12.2 Å². The lowest BCUT2D eigenvalue weighted by molar-refractivity contribution is 0.130. The summed E-state index contributed by atoms with van der Waals surface area (Å²) in [5.74, 6) is 2.14. The highest BCUT2D eigenvalue weighted by Gasteiger charge is 2.31. The minimum absolute atomic E-state index is 0.236. The molecule has 0 aliphatic carbocycles. The molecule has 1 N–H and O–H groups in total. The Morgan fingerprint density at radius 3 is 2.94 bits per heavy atom. The molecule has 1 fully saturated rings. The summed E-state index contributed by atoms with van der Waals surface area (Å²) in [6, 6.07) is 0.272. The molecule has 2 atom stereocenters. The highest BCUT2D eigenvalue weighted by molar-refractivity contribution is 4.91. The minimum atomic E-state index is 0.236. The summed E-state index contributed by atoms with van der Waals surface area (Å²) in [4.78, 5) is 6.68. The van der Waals surface area contributed by atoms with E-state index in [2.05, 4.69) is 35.8 Å². The van der Waals surface area contributed by atoms with Gasteiger partial charge in [0, 0.05) is 12.6 Å². The fourth-order valence-corrected chi connectivity index (χ4v) is 2.67. The first-order valence-corrected chi connectivity index (χ1v) is 6.83. The van der Waals surface area contributed by atoms with Crippen molar-refractivity contribution >= 4 is 0 Å². The van der Waals surface area contributed by atoms with E-state index in [1.807, 2.05) is 4.68 Å². The van der Waals surface area contributed by atoms with Crippen molar-refractivity contribution in [3.05, 3.63) is 12.2 Å². The molecule has 0 bridgehead atoms. The van der Waals surface area contributed by atoms with Crippen molar-refractivity contribution < 1.29 is 5.11 Å². The number of likely N-dealkylation sites (tertiary alicyclic amines) is 1. The molecule has 2 unspecified atom stereocenters. The number of aromatic nitrogens is 3. The number of aliphatic hydroxyl groups excluding tert-OH is 1. The topological polar surface area (TPSA) is 54.2 Å². The molecule has 0 spiro atoms. The summed E-state index contributed by atoms with van der Waals surface area (Å²) in [6.45, 7) is 9.55. The number of hydrogen-bond acceptors (Lipinski definition) is 4. The summed E-state index contributed by atoms with van der Waals surface area (Å²) in [6.07, 6.45) is 2.79. The van der Waals surface area contributed by atoms with Crippen LogP contribution >= 0.6 is 0 Å². The maximum Gasteiger partial charge on any atom is 0.141 e. The maximum atomic E-state index is 9.47. The fraction of sp³-hybridized carbons (Fsp3) is 0.846. The number of nitrogens with zero attached hydrogens (tertiary/aromatic N) is 4. The van der Waals surface area contributed by atoms with Crippen LogP contribution in [0.4, 0.5) is 0 Å². The molecular formula is C13H24N4O. The molecule has 1 aliphatic heterocycles. The average Bonchev–Trinajstić information content (AvgIpc) is 2.87. The van der Waals surface area contributed by atoms with E-state index in [4.69, 9.17) is 0 Å². The highest BCUT2D eigenvalue weighted by Crippen LogP contribution is 2.24. The predicted octanol–water partition coefficient (Wildman–Crippen LogP) is 1.14. The first-order chi connectivity index (χ1) is 8.61. The van der Waals surface area contributed by atoms with E-state index in [0.29, 0.717) is 11.8 Å². The van der Waals surface area contributed by atoms with Gasteiger partial charge in [-0.3, -0.25) is 4.90 Å². The van der Waals surface area contributed by atoms with Gasteiger partial charge >= 0.3 is 0 Å². The zero-order valence-corrected chi connectivity index (χ0v) is 11.6. The van der Waals surface area contributed by atoms with Crippen LogP contribution in [-0.2, 0) is 13.1 Å². The quantitative estimate of drug-likeness (QED) is 0.853. The van der Waals surface area contributed by atoms with E-state index in [-0.39, 0.29) is 12.6 Å². The number of aliphatic hydroxyl groups is 1. The normalized spacial score (nSPS) is 25.2. The molecule has 1 aliphatic rings. The van der Waals surface area contributed by atoms with Crippen molar-refractivity contribution in [3.8, 4) is 0 Å². The van der Waals surface area contributed by atoms with E-state index >= 15 is 0 Å². The fourth-order valence-electron chi connectivity index (χ4n) is 2.67. The Morgan fingerprint density at radius 2 is 2.28 bits per heavy atom. The third-order valence-corrected chi connectivity index (χ3v) is 3.76. The molecule has 1 aromatic rings. The lowest BCUT2D eigenvalue weighted by Gasteiger charge is -2.24. The maximum absolute atomic E-state index is 9.47. The van der Waals surface area contributed by atoms with Crippen LogP contribution in [0.2, 0.25) is 0 Å². The molecule has 5 nitrogen and oxygen atoms in total. The summed E-state index contributed by atoms with van der Waals surface area (Å²) in [7, 11) is 0. The second-order valence-corrected chi connectivity index (χ2v) is 5.74. The molecular weight excluding hydrogens is 228 g/mol. The van der Waals surface area contributed by atoms with Gasteiger partial charge in [-0.15, -0.1) is 0 Å². The largest absolute Gasteiger partial charge is 0.395 e. The van der Waals surface area contributed by atoms with Gasteiger partial charge in [-0.05, 0) is 24.8 Å². The van der Waals surface area contributed by atoms with E-state index in [9.17, 15) is 5.11 Å². The van der Waals surface area contributed by atoms with Crippen LogP contribution in [0.3, 0.4) is 0 Å². The van der Waals surface area contributed by atoms with Crippen molar-refractivity contribution in [2.24, 2.45) is 11.8 Å². The van der Waals surface area contributed by atoms with Crippen LogP contribution in [0, 0.1) is 11.8 Å². The van der Waals surface area contributed by atoms with E-state index in [0.717, 1.165) is 31.9 Å². The molecule has 5 heteroatoms. The summed E-state index contributed by atoms with van der Waals surface area (Å²) in [5.41, 5.74) is 0. The second kappa shape index (κ2) is 5.80. The highest BCUT2D eigenvalue weighted by atomic mass is 16.3. The zero-order chi connectivity index (χ0) is 13.1. The van der Waals surface area contributed by atoms with Gasteiger partial charge in [-0.1, -0.05) is 20.8 Å². The third-order valence-electron chi connectivity index (χ3n) is 3.76. The second-order valence-electron chi connectivity index (χ2n) is 5.74. The molecule has 102 valence electrons. The van der Waals surface area contributed by atoms with Gasteiger partial charge in [0.2, 0.25) is 0 Å². The average molecular weight is 252 g/mol. The van der Waals surface area contributed by atoms with E-state index < -0.39 is 0 Å². The third kappa shape index (κ3) is 2.90. The van der Waals surface area contributed by atoms with Gasteiger partial charge in [-0.25, -0.2) is 9.67 Å². The molecule has 0 aromatic carbocycles. The van der Waals surface area contributed by atoms with Crippen molar-refractivity contribution in [2.75, 3.05) is 13.2 Å². The number of hydrogen-bond donors (Lipinski definition) is 1. The number of rotatable bonds is 5.